The lowest BCUT2D eigenvalue weighted by Crippen LogP contribution is -2.42. The lowest BCUT2D eigenvalue weighted by molar-refractivity contribution is -0.123. The predicted octanol–water partition coefficient (Wildman–Crippen LogP) is 4.13. The zero-order valence-corrected chi connectivity index (χ0v) is 19.9. The summed E-state index contributed by atoms with van der Waals surface area (Å²) in [5, 5.41) is 11.7. The maximum absolute atomic E-state index is 13.7. The van der Waals surface area contributed by atoms with Gasteiger partial charge in [0.25, 0.3) is 0 Å². The van der Waals surface area contributed by atoms with Crippen molar-refractivity contribution in [2.45, 2.75) is 29.5 Å². The van der Waals surface area contributed by atoms with Gasteiger partial charge in [-0.3, -0.25) is 19.3 Å². The van der Waals surface area contributed by atoms with Gasteiger partial charge in [-0.1, -0.05) is 47.2 Å². The predicted molar refractivity (Wildman–Crippen MR) is 130 cm³/mol. The molecular weight excluding hydrogens is 468 g/mol. The molecule has 7 rings (SSSR count). The average Bonchev–Trinajstić information content (AvgIpc) is 3.54. The first-order chi connectivity index (χ1) is 16.4. The number of imide groups is 1. The molecule has 0 radical (unpaired) electrons. The number of aromatic hydroxyl groups is 1. The summed E-state index contributed by atoms with van der Waals surface area (Å²) in [5.74, 6) is -0.615. The highest BCUT2D eigenvalue weighted by atomic mass is 32.2. The number of amides is 2. The zero-order chi connectivity index (χ0) is 23.3. The van der Waals surface area contributed by atoms with Gasteiger partial charge in [0.05, 0.1) is 22.5 Å². The lowest BCUT2D eigenvalue weighted by atomic mass is 9.68. The van der Waals surface area contributed by atoms with Gasteiger partial charge >= 0.3 is 4.87 Å². The van der Waals surface area contributed by atoms with Crippen LogP contribution in [0.25, 0.3) is 0 Å². The number of rotatable bonds is 2. The molecule has 0 unspecified atom stereocenters. The number of H-pyrrole nitrogens is 1. The Kier molecular flexibility index (Phi) is 4.28. The fourth-order valence-corrected chi connectivity index (χ4v) is 9.94. The highest BCUT2D eigenvalue weighted by Crippen LogP contribution is 2.69. The van der Waals surface area contributed by atoms with E-state index in [1.165, 1.54) is 16.2 Å². The second kappa shape index (κ2) is 7.09. The van der Waals surface area contributed by atoms with E-state index < -0.39 is 0 Å². The van der Waals surface area contributed by atoms with Crippen LogP contribution in [0.2, 0.25) is 0 Å². The highest BCUT2D eigenvalue weighted by molar-refractivity contribution is 8.00. The Bertz CT molecular complexity index is 1410. The largest absolute Gasteiger partial charge is 0.508 e. The van der Waals surface area contributed by atoms with Gasteiger partial charge in [-0.15, -0.1) is 11.8 Å². The number of nitrogens with one attached hydrogen (secondary N) is 1. The minimum absolute atomic E-state index is 0.0364. The van der Waals surface area contributed by atoms with Crippen molar-refractivity contribution in [1.29, 1.82) is 0 Å². The number of phenols is 1. The molecule has 1 aromatic heterocycles. The minimum atomic E-state index is -0.341. The molecule has 7 atom stereocenters. The molecule has 0 spiro atoms. The molecule has 2 bridgehead atoms. The lowest BCUT2D eigenvalue weighted by Gasteiger charge is -2.43. The van der Waals surface area contributed by atoms with E-state index in [4.69, 9.17) is 0 Å². The van der Waals surface area contributed by atoms with E-state index >= 15 is 0 Å². The van der Waals surface area contributed by atoms with Crippen LogP contribution in [0.1, 0.15) is 28.3 Å². The summed E-state index contributed by atoms with van der Waals surface area (Å²) in [6, 6.07) is 14.9. The van der Waals surface area contributed by atoms with Crippen LogP contribution >= 0.6 is 23.1 Å². The van der Waals surface area contributed by atoms with Gasteiger partial charge in [-0.2, -0.15) is 0 Å². The van der Waals surface area contributed by atoms with Crippen molar-refractivity contribution >= 4 is 40.6 Å². The quantitative estimate of drug-likeness (QED) is 0.527. The van der Waals surface area contributed by atoms with Crippen molar-refractivity contribution in [2.75, 3.05) is 4.90 Å². The maximum atomic E-state index is 13.7. The molecule has 172 valence electrons. The Morgan fingerprint density at radius 3 is 2.41 bits per heavy atom. The van der Waals surface area contributed by atoms with E-state index in [0.717, 1.165) is 27.5 Å². The average molecular weight is 491 g/mol. The van der Waals surface area contributed by atoms with E-state index in [1.807, 2.05) is 43.3 Å². The van der Waals surface area contributed by atoms with Gasteiger partial charge < -0.3 is 10.1 Å². The topological polar surface area (TPSA) is 90.5 Å². The van der Waals surface area contributed by atoms with Crippen LogP contribution in [0.4, 0.5) is 5.69 Å². The third kappa shape index (κ3) is 2.61. The van der Waals surface area contributed by atoms with Crippen molar-refractivity contribution < 1.29 is 14.7 Å². The number of fused-ring (bicyclic) bond motifs is 9. The Morgan fingerprint density at radius 2 is 1.68 bits per heavy atom. The van der Waals surface area contributed by atoms with Crippen LogP contribution in [0.5, 0.6) is 5.75 Å². The fraction of sp³-hybridized carbons (Fsp3) is 0.346. The first-order valence-corrected chi connectivity index (χ1v) is 13.3. The molecule has 2 aliphatic carbocycles. The minimum Gasteiger partial charge on any atom is -0.508 e. The molecule has 1 saturated heterocycles. The van der Waals surface area contributed by atoms with Crippen LogP contribution in [0.3, 0.4) is 0 Å². The maximum Gasteiger partial charge on any atom is 0.305 e. The van der Waals surface area contributed by atoms with Gasteiger partial charge in [0, 0.05) is 21.6 Å². The molecule has 3 heterocycles. The number of hydrogen-bond acceptors (Lipinski definition) is 6. The summed E-state index contributed by atoms with van der Waals surface area (Å²) >= 11 is 2.86. The Labute approximate surface area is 204 Å². The van der Waals surface area contributed by atoms with Gasteiger partial charge in [0.2, 0.25) is 11.8 Å². The molecular formula is C26H22N2O4S2. The fourth-order valence-electron chi connectivity index (χ4n) is 7.06. The van der Waals surface area contributed by atoms with Crippen molar-refractivity contribution in [3.05, 3.63) is 74.2 Å². The van der Waals surface area contributed by atoms with Gasteiger partial charge in [-0.05, 0) is 49.3 Å². The second-order valence-electron chi connectivity index (χ2n) is 9.87. The first kappa shape index (κ1) is 20.5. The molecule has 4 aliphatic rings. The zero-order valence-electron chi connectivity index (χ0n) is 18.3. The number of hydrogen-bond donors (Lipinski definition) is 2. The number of carbonyl (C=O) groups excluding carboxylic acids is 2. The Balaban J connectivity index is 1.34. The molecule has 3 fully saturated rings. The van der Waals surface area contributed by atoms with E-state index in [1.54, 1.807) is 23.9 Å². The number of aromatic nitrogens is 1. The van der Waals surface area contributed by atoms with Crippen molar-refractivity contribution in [3.63, 3.8) is 0 Å². The molecule has 2 aromatic carbocycles. The van der Waals surface area contributed by atoms with Gasteiger partial charge in [0.15, 0.2) is 0 Å². The van der Waals surface area contributed by atoms with Crippen molar-refractivity contribution in [3.8, 4) is 5.75 Å². The standard InChI is InChI=1S/C26H22N2O4S2/c1-11-6-8-12(9-7-11)28-24(30)19-14-10-15(20(19)25(28)31)21-18(14)17(13-4-2-3-5-16(13)29)22-23(33-21)27-26(32)34-22/h2-9,14-15,17-21,29H,10H2,1H3,(H,27,32)/t14-,15+,17+,18+,19-,20+,21-/m1/s1. The molecule has 2 aliphatic heterocycles. The van der Waals surface area contributed by atoms with E-state index in [-0.39, 0.29) is 63.2 Å². The highest BCUT2D eigenvalue weighted by Gasteiger charge is 2.69. The number of para-hydroxylation sites is 1. The monoisotopic (exact) mass is 490 g/mol. The number of thiazole rings is 1. The number of phenolic OH excluding ortho intramolecular Hbond substituents is 1. The molecule has 3 aromatic rings. The van der Waals surface area contributed by atoms with Gasteiger partial charge in [0.1, 0.15) is 5.75 Å². The summed E-state index contributed by atoms with van der Waals surface area (Å²) in [4.78, 5) is 44.8. The summed E-state index contributed by atoms with van der Waals surface area (Å²) < 4.78 is 0. The molecule has 6 nitrogen and oxygen atoms in total. The number of benzene rings is 2. The number of carbonyl (C=O) groups is 2. The van der Waals surface area contributed by atoms with Crippen LogP contribution in [0, 0.1) is 36.5 Å². The van der Waals surface area contributed by atoms with Crippen molar-refractivity contribution in [1.82, 2.24) is 4.98 Å². The number of aromatic amines is 1. The number of nitrogens with zero attached hydrogens (tertiary/aromatic N) is 1. The molecule has 34 heavy (non-hydrogen) atoms. The van der Waals surface area contributed by atoms with E-state index in [2.05, 4.69) is 4.98 Å². The normalized spacial score (nSPS) is 33.2. The number of anilines is 1. The smallest absolute Gasteiger partial charge is 0.305 e. The SMILES string of the molecule is Cc1ccc(N2C(=O)[C@@H]3[C@@H]4C[C@H]([C@H]5Sc6[nH]c(=O)sc6[C@@H](c6ccccc6O)[C@H]45)[C@@H]3C2=O)cc1. The Hall–Kier alpha value is -2.84. The third-order valence-corrected chi connectivity index (χ3v) is 10.9. The Morgan fingerprint density at radius 1 is 0.971 bits per heavy atom. The van der Waals surface area contributed by atoms with Gasteiger partial charge in [-0.25, -0.2) is 0 Å². The number of thioether (sulfide) groups is 1. The summed E-state index contributed by atoms with van der Waals surface area (Å²) in [6.07, 6.45) is 0.833. The summed E-state index contributed by atoms with van der Waals surface area (Å²) in [7, 11) is 0. The summed E-state index contributed by atoms with van der Waals surface area (Å²) in [5.41, 5.74) is 2.52. The first-order valence-electron chi connectivity index (χ1n) is 11.6. The van der Waals surface area contributed by atoms with Crippen LogP contribution in [0.15, 0.2) is 58.4 Å². The van der Waals surface area contributed by atoms with E-state index in [0.29, 0.717) is 5.69 Å². The van der Waals surface area contributed by atoms with Crippen LogP contribution in [-0.2, 0) is 9.59 Å². The molecule has 2 N–H and O–H groups in total. The van der Waals surface area contributed by atoms with Crippen molar-refractivity contribution in [2.24, 2.45) is 29.6 Å². The molecule has 2 amide bonds. The van der Waals surface area contributed by atoms with Crippen LogP contribution in [-0.4, -0.2) is 27.2 Å². The molecule has 8 heteroatoms. The number of aryl methyl sites for hydroxylation is 1. The second-order valence-corrected chi connectivity index (χ2v) is 12.1. The van der Waals surface area contributed by atoms with Crippen LogP contribution < -0.4 is 9.77 Å². The van der Waals surface area contributed by atoms with E-state index in [9.17, 15) is 19.5 Å². The summed E-state index contributed by atoms with van der Waals surface area (Å²) in [6.45, 7) is 1.98. The third-order valence-electron chi connectivity index (χ3n) is 8.29. The molecule has 2 saturated carbocycles.